The van der Waals surface area contributed by atoms with Gasteiger partial charge in [-0.05, 0) is 25.0 Å². The quantitative estimate of drug-likeness (QED) is 0.668. The van der Waals surface area contributed by atoms with E-state index < -0.39 is 0 Å². The first-order chi connectivity index (χ1) is 12.6. The molecular formula is C20H22N4OS. The van der Waals surface area contributed by atoms with Crippen molar-refractivity contribution in [3.05, 3.63) is 59.7 Å². The van der Waals surface area contributed by atoms with E-state index in [1.54, 1.807) is 0 Å². The van der Waals surface area contributed by atoms with Crippen molar-refractivity contribution in [2.45, 2.75) is 25.4 Å². The van der Waals surface area contributed by atoms with Gasteiger partial charge in [0.1, 0.15) is 0 Å². The molecule has 1 aromatic heterocycles. The van der Waals surface area contributed by atoms with Gasteiger partial charge in [-0.2, -0.15) is 0 Å². The molecule has 1 N–H and O–H groups in total. The zero-order valence-electron chi connectivity index (χ0n) is 15.2. The zero-order chi connectivity index (χ0) is 18.5. The van der Waals surface area contributed by atoms with Crippen LogP contribution in [-0.2, 0) is 18.3 Å². The topological polar surface area (TPSA) is 59.8 Å². The fourth-order valence-electron chi connectivity index (χ4n) is 2.66. The molecule has 0 aliphatic rings. The highest BCUT2D eigenvalue weighted by atomic mass is 32.2. The van der Waals surface area contributed by atoms with Crippen LogP contribution in [0.5, 0.6) is 0 Å². The van der Waals surface area contributed by atoms with E-state index in [1.165, 1.54) is 17.3 Å². The fraction of sp³-hybridized carbons (Fsp3) is 0.250. The lowest BCUT2D eigenvalue weighted by Gasteiger charge is -2.09. The van der Waals surface area contributed by atoms with Gasteiger partial charge >= 0.3 is 0 Å². The molecule has 134 valence electrons. The summed E-state index contributed by atoms with van der Waals surface area (Å²) >= 11 is 1.38. The van der Waals surface area contributed by atoms with Crippen molar-refractivity contribution in [2.75, 3.05) is 11.1 Å². The zero-order valence-corrected chi connectivity index (χ0v) is 16.0. The molecule has 0 bridgehead atoms. The smallest absolute Gasteiger partial charge is 0.234 e. The number of nitrogens with zero attached hydrogens (tertiary/aromatic N) is 3. The maximum absolute atomic E-state index is 12.3. The number of aromatic nitrogens is 3. The number of hydrogen-bond acceptors (Lipinski definition) is 4. The van der Waals surface area contributed by atoms with E-state index in [0.29, 0.717) is 0 Å². The molecule has 0 aliphatic carbocycles. The normalized spacial score (nSPS) is 10.7. The van der Waals surface area contributed by atoms with Crippen molar-refractivity contribution in [2.24, 2.45) is 7.05 Å². The number of amides is 1. The first-order valence-electron chi connectivity index (χ1n) is 8.55. The standard InChI is InChI=1S/C20H22N4OS/c1-4-15-7-5-6-8-17(15)21-18(25)13-26-20-23-22-19(24(20)3)16-11-9-14(2)10-12-16/h5-12H,4,13H2,1-3H3,(H,21,25). The minimum atomic E-state index is -0.0456. The number of para-hydroxylation sites is 1. The van der Waals surface area contributed by atoms with Crippen molar-refractivity contribution in [3.63, 3.8) is 0 Å². The van der Waals surface area contributed by atoms with Crippen LogP contribution < -0.4 is 5.32 Å². The third-order valence-corrected chi connectivity index (χ3v) is 5.17. The Bertz CT molecular complexity index is 902. The van der Waals surface area contributed by atoms with Gasteiger partial charge in [-0.3, -0.25) is 4.79 Å². The van der Waals surface area contributed by atoms with Crippen LogP contribution in [-0.4, -0.2) is 26.4 Å². The summed E-state index contributed by atoms with van der Waals surface area (Å²) < 4.78 is 1.92. The van der Waals surface area contributed by atoms with E-state index in [2.05, 4.69) is 41.5 Å². The molecule has 0 fully saturated rings. The van der Waals surface area contributed by atoms with Crippen LogP contribution in [0.4, 0.5) is 5.69 Å². The average molecular weight is 366 g/mol. The molecule has 3 aromatic rings. The molecule has 1 amide bonds. The van der Waals surface area contributed by atoms with Crippen LogP contribution in [0, 0.1) is 6.92 Å². The summed E-state index contributed by atoms with van der Waals surface area (Å²) in [6, 6.07) is 16.0. The number of carbonyl (C=O) groups excluding carboxylic acids is 1. The summed E-state index contributed by atoms with van der Waals surface area (Å²) in [6.07, 6.45) is 0.882. The van der Waals surface area contributed by atoms with Crippen LogP contribution in [0.25, 0.3) is 11.4 Å². The molecule has 0 saturated heterocycles. The summed E-state index contributed by atoms with van der Waals surface area (Å²) in [5.74, 6) is 1.04. The van der Waals surface area contributed by atoms with Crippen molar-refractivity contribution in [1.29, 1.82) is 0 Å². The van der Waals surface area contributed by atoms with Crippen molar-refractivity contribution < 1.29 is 4.79 Å². The summed E-state index contributed by atoms with van der Waals surface area (Å²) in [5, 5.41) is 12.2. The van der Waals surface area contributed by atoms with Gasteiger partial charge in [0.25, 0.3) is 0 Å². The van der Waals surface area contributed by atoms with Gasteiger partial charge in [0, 0.05) is 18.3 Å². The Kier molecular flexibility index (Phi) is 5.73. The van der Waals surface area contributed by atoms with E-state index in [9.17, 15) is 4.79 Å². The van der Waals surface area contributed by atoms with Crippen molar-refractivity contribution in [3.8, 4) is 11.4 Å². The largest absolute Gasteiger partial charge is 0.325 e. The monoisotopic (exact) mass is 366 g/mol. The molecule has 0 aliphatic heterocycles. The molecule has 0 atom stereocenters. The lowest BCUT2D eigenvalue weighted by molar-refractivity contribution is -0.113. The molecule has 0 saturated carbocycles. The van der Waals surface area contributed by atoms with Gasteiger partial charge in [0.05, 0.1) is 5.75 Å². The minimum absolute atomic E-state index is 0.0456. The van der Waals surface area contributed by atoms with Gasteiger partial charge in [0.15, 0.2) is 11.0 Å². The molecular weight excluding hydrogens is 344 g/mol. The van der Waals surface area contributed by atoms with Gasteiger partial charge in [0.2, 0.25) is 5.91 Å². The van der Waals surface area contributed by atoms with E-state index in [0.717, 1.165) is 34.2 Å². The van der Waals surface area contributed by atoms with Crippen LogP contribution >= 0.6 is 11.8 Å². The second-order valence-corrected chi connectivity index (χ2v) is 7.02. The number of nitrogens with one attached hydrogen (secondary N) is 1. The Hall–Kier alpha value is -2.60. The van der Waals surface area contributed by atoms with E-state index in [4.69, 9.17) is 0 Å². The Labute approximate surface area is 157 Å². The van der Waals surface area contributed by atoms with Crippen molar-refractivity contribution in [1.82, 2.24) is 14.8 Å². The fourth-order valence-corrected chi connectivity index (χ4v) is 3.37. The highest BCUT2D eigenvalue weighted by Crippen LogP contribution is 2.23. The first kappa shape index (κ1) is 18.2. The molecule has 0 radical (unpaired) electrons. The van der Waals surface area contributed by atoms with Crippen LogP contribution in [0.2, 0.25) is 0 Å². The molecule has 6 heteroatoms. The number of aryl methyl sites for hydroxylation is 2. The number of carbonyl (C=O) groups is 1. The second kappa shape index (κ2) is 8.19. The summed E-state index contributed by atoms with van der Waals surface area (Å²) in [5.41, 5.74) is 4.22. The van der Waals surface area contributed by atoms with E-state index in [1.807, 2.05) is 48.0 Å². The van der Waals surface area contributed by atoms with Gasteiger partial charge < -0.3 is 9.88 Å². The molecule has 2 aromatic carbocycles. The molecule has 0 spiro atoms. The third-order valence-electron chi connectivity index (χ3n) is 4.15. The Morgan fingerprint density at radius 3 is 2.58 bits per heavy atom. The van der Waals surface area contributed by atoms with Crippen LogP contribution in [0.15, 0.2) is 53.7 Å². The molecule has 1 heterocycles. The number of rotatable bonds is 6. The van der Waals surface area contributed by atoms with E-state index in [-0.39, 0.29) is 11.7 Å². The van der Waals surface area contributed by atoms with Gasteiger partial charge in [-0.15, -0.1) is 10.2 Å². The summed E-state index contributed by atoms with van der Waals surface area (Å²) in [7, 11) is 1.92. The lowest BCUT2D eigenvalue weighted by atomic mass is 10.1. The Morgan fingerprint density at radius 2 is 1.85 bits per heavy atom. The minimum Gasteiger partial charge on any atom is -0.325 e. The maximum atomic E-state index is 12.3. The number of benzene rings is 2. The Morgan fingerprint density at radius 1 is 1.12 bits per heavy atom. The summed E-state index contributed by atoms with van der Waals surface area (Å²) in [4.78, 5) is 12.3. The summed E-state index contributed by atoms with van der Waals surface area (Å²) in [6.45, 7) is 4.13. The first-order valence-corrected chi connectivity index (χ1v) is 9.54. The number of anilines is 1. The SMILES string of the molecule is CCc1ccccc1NC(=O)CSc1nnc(-c2ccc(C)cc2)n1C. The number of thioether (sulfide) groups is 1. The highest BCUT2D eigenvalue weighted by Gasteiger charge is 2.13. The van der Waals surface area contributed by atoms with E-state index >= 15 is 0 Å². The molecule has 5 nitrogen and oxygen atoms in total. The number of hydrogen-bond donors (Lipinski definition) is 1. The highest BCUT2D eigenvalue weighted by molar-refractivity contribution is 7.99. The van der Waals surface area contributed by atoms with Gasteiger partial charge in [-0.1, -0.05) is 66.7 Å². The molecule has 0 unspecified atom stereocenters. The molecule has 3 rings (SSSR count). The third kappa shape index (κ3) is 4.14. The predicted octanol–water partition coefficient (Wildman–Crippen LogP) is 4.08. The van der Waals surface area contributed by atoms with Crippen LogP contribution in [0.3, 0.4) is 0 Å². The second-order valence-electron chi connectivity index (χ2n) is 6.08. The predicted molar refractivity (Wildman–Crippen MR) is 106 cm³/mol. The lowest BCUT2D eigenvalue weighted by Crippen LogP contribution is -2.15. The molecule has 26 heavy (non-hydrogen) atoms. The van der Waals surface area contributed by atoms with Gasteiger partial charge in [-0.25, -0.2) is 0 Å². The Balaban J connectivity index is 1.65. The van der Waals surface area contributed by atoms with Crippen LogP contribution in [0.1, 0.15) is 18.1 Å². The van der Waals surface area contributed by atoms with Crippen molar-refractivity contribution >= 4 is 23.4 Å². The average Bonchev–Trinajstić information content (AvgIpc) is 3.02. The maximum Gasteiger partial charge on any atom is 0.234 e.